The van der Waals surface area contributed by atoms with Crippen molar-refractivity contribution in [2.45, 2.75) is 37.9 Å². The zero-order chi connectivity index (χ0) is 12.9. The van der Waals surface area contributed by atoms with Crippen molar-refractivity contribution in [3.05, 3.63) is 5.82 Å². The van der Waals surface area contributed by atoms with E-state index >= 15 is 0 Å². The van der Waals surface area contributed by atoms with Crippen LogP contribution in [-0.4, -0.2) is 36.9 Å². The Balaban J connectivity index is 2.94. The van der Waals surface area contributed by atoms with Gasteiger partial charge < -0.3 is 9.30 Å². The Bertz CT molecular complexity index is 458. The lowest BCUT2D eigenvalue weighted by Crippen LogP contribution is -2.10. The molecule has 0 aromatic carbocycles. The van der Waals surface area contributed by atoms with E-state index in [1.54, 1.807) is 11.7 Å². The van der Waals surface area contributed by atoms with Gasteiger partial charge in [-0.3, -0.25) is 0 Å². The van der Waals surface area contributed by atoms with Gasteiger partial charge in [-0.1, -0.05) is 6.92 Å². The lowest BCUT2D eigenvalue weighted by Gasteiger charge is -2.06. The predicted octanol–water partition coefficient (Wildman–Crippen LogP) is 1.19. The Morgan fingerprint density at radius 2 is 2.12 bits per heavy atom. The van der Waals surface area contributed by atoms with Crippen LogP contribution in [-0.2, 0) is 26.8 Å². The van der Waals surface area contributed by atoms with E-state index in [9.17, 15) is 8.42 Å². The van der Waals surface area contributed by atoms with E-state index in [1.165, 1.54) is 0 Å². The van der Waals surface area contributed by atoms with Crippen molar-refractivity contribution in [1.82, 2.24) is 14.8 Å². The zero-order valence-electron chi connectivity index (χ0n) is 9.89. The maximum absolute atomic E-state index is 11.3. The largest absolute Gasteiger partial charge is 0.385 e. The first-order chi connectivity index (χ1) is 8.00. The van der Waals surface area contributed by atoms with Crippen LogP contribution in [0.5, 0.6) is 0 Å². The molecule has 0 N–H and O–H groups in total. The Hall–Kier alpha value is -0.660. The molecule has 0 aliphatic carbocycles. The molecule has 0 aliphatic rings. The second-order valence-corrected chi connectivity index (χ2v) is 6.04. The fourth-order valence-electron chi connectivity index (χ4n) is 1.51. The summed E-state index contributed by atoms with van der Waals surface area (Å²) in [4.78, 5) is 0. The maximum Gasteiger partial charge on any atom is 0.296 e. The number of aromatic nitrogens is 3. The molecular formula is C9H16ClN3O3S. The van der Waals surface area contributed by atoms with Gasteiger partial charge in [0.2, 0.25) is 0 Å². The summed E-state index contributed by atoms with van der Waals surface area (Å²) in [7, 11) is 3.08. The highest BCUT2D eigenvalue weighted by Gasteiger charge is 2.21. The van der Waals surface area contributed by atoms with Crippen LogP contribution in [0, 0.1) is 0 Å². The molecule has 6 nitrogen and oxygen atoms in total. The minimum absolute atomic E-state index is 0.173. The molecule has 17 heavy (non-hydrogen) atoms. The number of methoxy groups -OCH3 is 1. The highest BCUT2D eigenvalue weighted by atomic mass is 35.7. The van der Waals surface area contributed by atoms with E-state index < -0.39 is 9.05 Å². The summed E-state index contributed by atoms with van der Waals surface area (Å²) >= 11 is 0. The summed E-state index contributed by atoms with van der Waals surface area (Å²) in [5.74, 6) is 0.628. The Morgan fingerprint density at radius 1 is 1.41 bits per heavy atom. The minimum Gasteiger partial charge on any atom is -0.385 e. The fraction of sp³-hybridized carbons (Fsp3) is 0.778. The summed E-state index contributed by atoms with van der Waals surface area (Å²) in [5, 5.41) is 7.33. The molecule has 0 saturated carbocycles. The summed E-state index contributed by atoms with van der Waals surface area (Å²) in [6.07, 6.45) is 2.17. The quantitative estimate of drug-likeness (QED) is 0.554. The summed E-state index contributed by atoms with van der Waals surface area (Å²) in [6, 6.07) is 0. The van der Waals surface area contributed by atoms with Crippen LogP contribution < -0.4 is 0 Å². The van der Waals surface area contributed by atoms with E-state index in [4.69, 9.17) is 15.4 Å². The number of rotatable bonds is 7. The van der Waals surface area contributed by atoms with Crippen molar-refractivity contribution in [2.24, 2.45) is 0 Å². The van der Waals surface area contributed by atoms with Crippen LogP contribution in [0.4, 0.5) is 0 Å². The number of hydrogen-bond donors (Lipinski definition) is 0. The van der Waals surface area contributed by atoms with Crippen molar-refractivity contribution < 1.29 is 13.2 Å². The van der Waals surface area contributed by atoms with Gasteiger partial charge in [-0.25, -0.2) is 8.42 Å². The van der Waals surface area contributed by atoms with Crippen molar-refractivity contribution >= 4 is 19.7 Å². The molecule has 1 aromatic rings. The zero-order valence-corrected chi connectivity index (χ0v) is 11.5. The summed E-state index contributed by atoms with van der Waals surface area (Å²) in [6.45, 7) is 3.09. The van der Waals surface area contributed by atoms with Gasteiger partial charge in [-0.15, -0.1) is 10.2 Å². The third-order valence-corrected chi connectivity index (χ3v) is 3.36. The summed E-state index contributed by atoms with van der Waals surface area (Å²) < 4.78 is 29.1. The van der Waals surface area contributed by atoms with Crippen LogP contribution >= 0.6 is 10.7 Å². The first kappa shape index (κ1) is 14.4. The molecule has 0 atom stereocenters. The molecule has 0 amide bonds. The van der Waals surface area contributed by atoms with Crippen LogP contribution in [0.3, 0.4) is 0 Å². The molecule has 1 rings (SSSR count). The average Bonchev–Trinajstić information content (AvgIpc) is 2.62. The van der Waals surface area contributed by atoms with E-state index in [0.29, 0.717) is 25.4 Å². The van der Waals surface area contributed by atoms with E-state index in [2.05, 4.69) is 10.2 Å². The third kappa shape index (κ3) is 3.93. The second kappa shape index (κ2) is 6.32. The van der Waals surface area contributed by atoms with Gasteiger partial charge in [0, 0.05) is 37.4 Å². The first-order valence-electron chi connectivity index (χ1n) is 5.36. The third-order valence-electron chi connectivity index (χ3n) is 2.21. The molecule has 98 valence electrons. The monoisotopic (exact) mass is 281 g/mol. The average molecular weight is 282 g/mol. The van der Waals surface area contributed by atoms with E-state index in [1.807, 2.05) is 6.92 Å². The molecule has 0 saturated heterocycles. The van der Waals surface area contributed by atoms with Crippen LogP contribution in [0.25, 0.3) is 0 Å². The second-order valence-electron chi connectivity index (χ2n) is 3.58. The molecular weight excluding hydrogens is 266 g/mol. The van der Waals surface area contributed by atoms with Crippen molar-refractivity contribution in [3.8, 4) is 0 Å². The van der Waals surface area contributed by atoms with Gasteiger partial charge in [-0.2, -0.15) is 0 Å². The van der Waals surface area contributed by atoms with Gasteiger partial charge in [0.1, 0.15) is 5.82 Å². The Labute approximate surface area is 105 Å². The lowest BCUT2D eigenvalue weighted by molar-refractivity contribution is 0.194. The molecule has 0 radical (unpaired) electrons. The number of aryl methyl sites for hydroxylation is 1. The highest BCUT2D eigenvalue weighted by molar-refractivity contribution is 8.13. The normalized spacial score (nSPS) is 11.9. The van der Waals surface area contributed by atoms with Crippen LogP contribution in [0.15, 0.2) is 5.16 Å². The Kier molecular flexibility index (Phi) is 5.35. The molecule has 1 heterocycles. The van der Waals surface area contributed by atoms with Crippen LogP contribution in [0.2, 0.25) is 0 Å². The van der Waals surface area contributed by atoms with Gasteiger partial charge >= 0.3 is 0 Å². The van der Waals surface area contributed by atoms with Gasteiger partial charge in [-0.05, 0) is 12.8 Å². The van der Waals surface area contributed by atoms with Crippen LogP contribution in [0.1, 0.15) is 25.6 Å². The molecule has 8 heteroatoms. The van der Waals surface area contributed by atoms with Crippen molar-refractivity contribution in [3.63, 3.8) is 0 Å². The summed E-state index contributed by atoms with van der Waals surface area (Å²) in [5.41, 5.74) is 0. The topological polar surface area (TPSA) is 74.1 Å². The van der Waals surface area contributed by atoms with Gasteiger partial charge in [0.15, 0.2) is 0 Å². The molecule has 0 unspecified atom stereocenters. The molecule has 0 fully saturated rings. The number of hydrogen-bond acceptors (Lipinski definition) is 5. The Morgan fingerprint density at radius 3 is 2.65 bits per heavy atom. The fourth-order valence-corrected chi connectivity index (χ4v) is 2.45. The highest BCUT2D eigenvalue weighted by Crippen LogP contribution is 2.15. The smallest absolute Gasteiger partial charge is 0.296 e. The SMILES string of the molecule is CCCn1c(CCCOC)nnc1S(=O)(=O)Cl. The molecule has 1 aromatic heterocycles. The van der Waals surface area contributed by atoms with E-state index in [-0.39, 0.29) is 5.16 Å². The molecule has 0 aliphatic heterocycles. The standard InChI is InChI=1S/C9H16ClN3O3S/c1-3-6-13-8(5-4-7-16-2)11-12-9(13)17(10,14)15/h3-7H2,1-2H3. The predicted molar refractivity (Wildman–Crippen MR) is 63.5 cm³/mol. The number of nitrogens with zero attached hydrogens (tertiary/aromatic N) is 3. The minimum atomic E-state index is -3.84. The molecule has 0 bridgehead atoms. The van der Waals surface area contributed by atoms with Crippen molar-refractivity contribution in [2.75, 3.05) is 13.7 Å². The van der Waals surface area contributed by atoms with Gasteiger partial charge in [0.05, 0.1) is 0 Å². The lowest BCUT2D eigenvalue weighted by atomic mass is 10.3. The van der Waals surface area contributed by atoms with Crippen molar-refractivity contribution in [1.29, 1.82) is 0 Å². The number of ether oxygens (including phenoxy) is 1. The van der Waals surface area contributed by atoms with Gasteiger partial charge in [0.25, 0.3) is 14.2 Å². The first-order valence-corrected chi connectivity index (χ1v) is 7.67. The maximum atomic E-state index is 11.3. The molecule has 0 spiro atoms. The number of halogens is 1. The van der Waals surface area contributed by atoms with E-state index in [0.717, 1.165) is 12.8 Å².